The molecule has 1 saturated heterocycles. The Morgan fingerprint density at radius 1 is 1.21 bits per heavy atom. The molecule has 2 aliphatic heterocycles. The van der Waals surface area contributed by atoms with Gasteiger partial charge in [0.25, 0.3) is 5.56 Å². The number of hydrogen-bond acceptors (Lipinski definition) is 5. The number of hydrogen-bond donors (Lipinski definition) is 1. The summed E-state index contributed by atoms with van der Waals surface area (Å²) < 4.78 is 12.7. The first kappa shape index (κ1) is 19.1. The zero-order valence-corrected chi connectivity index (χ0v) is 16.1. The molecule has 0 unspecified atom stereocenters. The third-order valence-electron chi connectivity index (χ3n) is 5.44. The van der Waals surface area contributed by atoms with Crippen molar-refractivity contribution in [1.82, 2.24) is 14.8 Å². The molecule has 1 amide bonds. The first-order valence-corrected chi connectivity index (χ1v) is 10.0. The number of para-hydroxylation sites is 1. The maximum absolute atomic E-state index is 12.8. The molecule has 0 atom stereocenters. The van der Waals surface area contributed by atoms with Crippen LogP contribution in [0.15, 0.2) is 29.1 Å². The van der Waals surface area contributed by atoms with E-state index in [1.165, 1.54) is 5.56 Å². The van der Waals surface area contributed by atoms with Crippen LogP contribution in [0.4, 0.5) is 0 Å². The van der Waals surface area contributed by atoms with Crippen molar-refractivity contribution < 1.29 is 14.3 Å². The van der Waals surface area contributed by atoms with Crippen LogP contribution in [0.2, 0.25) is 0 Å². The van der Waals surface area contributed by atoms with Crippen LogP contribution in [0.3, 0.4) is 0 Å². The lowest BCUT2D eigenvalue weighted by Crippen LogP contribution is -2.42. The van der Waals surface area contributed by atoms with Crippen LogP contribution < -0.4 is 10.9 Å². The molecule has 0 saturated carbocycles. The SMILES string of the molecule is O=C(COCc1cc2cccc3c2n(c1=O)CCC3)NCCN1CCOCC1. The van der Waals surface area contributed by atoms with E-state index in [-0.39, 0.29) is 24.7 Å². The molecule has 1 aromatic carbocycles. The number of ether oxygens (including phenoxy) is 2. The standard InChI is InChI=1S/C21H27N3O4/c25-19(22-6-8-23-9-11-27-12-10-23)15-28-14-18-13-17-4-1-3-16-5-2-7-24(20(16)17)21(18)26/h1,3-4,13H,2,5-12,14-15H2,(H,22,25). The Kier molecular flexibility index (Phi) is 6.04. The number of pyridine rings is 1. The maximum atomic E-state index is 12.8. The fourth-order valence-corrected chi connectivity index (χ4v) is 4.01. The van der Waals surface area contributed by atoms with Gasteiger partial charge in [0.05, 0.1) is 25.3 Å². The van der Waals surface area contributed by atoms with E-state index in [1.807, 2.05) is 22.8 Å². The van der Waals surface area contributed by atoms with Gasteiger partial charge in [0.15, 0.2) is 0 Å². The molecule has 2 aromatic rings. The van der Waals surface area contributed by atoms with E-state index in [0.29, 0.717) is 12.1 Å². The summed E-state index contributed by atoms with van der Waals surface area (Å²) in [6.45, 7) is 5.56. The van der Waals surface area contributed by atoms with E-state index < -0.39 is 0 Å². The zero-order chi connectivity index (χ0) is 19.3. The number of aromatic nitrogens is 1. The maximum Gasteiger partial charge on any atom is 0.256 e. The Bertz CT molecular complexity index is 902. The van der Waals surface area contributed by atoms with Crippen molar-refractivity contribution in [3.05, 3.63) is 45.7 Å². The van der Waals surface area contributed by atoms with Crippen LogP contribution in [0.25, 0.3) is 10.9 Å². The number of amides is 1. The van der Waals surface area contributed by atoms with Crippen LogP contribution in [0.5, 0.6) is 0 Å². The molecular formula is C21H27N3O4. The average molecular weight is 385 g/mol. The second kappa shape index (κ2) is 8.86. The van der Waals surface area contributed by atoms with Gasteiger partial charge in [-0.05, 0) is 29.9 Å². The zero-order valence-electron chi connectivity index (χ0n) is 16.1. The Labute approximate surface area is 164 Å². The predicted octanol–water partition coefficient (Wildman–Crippen LogP) is 0.913. The fourth-order valence-electron chi connectivity index (χ4n) is 4.01. The molecule has 1 aromatic heterocycles. The number of carbonyl (C=O) groups excluding carboxylic acids is 1. The summed E-state index contributed by atoms with van der Waals surface area (Å²) in [5.74, 6) is -0.155. The lowest BCUT2D eigenvalue weighted by atomic mass is 10.0. The summed E-state index contributed by atoms with van der Waals surface area (Å²) in [5, 5.41) is 3.93. The first-order valence-electron chi connectivity index (χ1n) is 10.0. The van der Waals surface area contributed by atoms with Crippen LogP contribution >= 0.6 is 0 Å². The van der Waals surface area contributed by atoms with Gasteiger partial charge in [-0.15, -0.1) is 0 Å². The van der Waals surface area contributed by atoms with Crippen LogP contribution in [0.1, 0.15) is 17.5 Å². The number of carbonyl (C=O) groups is 1. The molecule has 7 nitrogen and oxygen atoms in total. The third kappa shape index (κ3) is 4.27. The summed E-state index contributed by atoms with van der Waals surface area (Å²) in [6, 6.07) is 8.06. The Hall–Kier alpha value is -2.22. The highest BCUT2D eigenvalue weighted by Gasteiger charge is 2.16. The van der Waals surface area contributed by atoms with Gasteiger partial charge >= 0.3 is 0 Å². The molecular weight excluding hydrogens is 358 g/mol. The fraction of sp³-hybridized carbons (Fsp3) is 0.524. The minimum absolute atomic E-state index is 0.00706. The monoisotopic (exact) mass is 385 g/mol. The van der Waals surface area contributed by atoms with Gasteiger partial charge in [-0.25, -0.2) is 0 Å². The van der Waals surface area contributed by atoms with Crippen molar-refractivity contribution in [2.75, 3.05) is 46.0 Å². The molecule has 0 aliphatic carbocycles. The second-order valence-corrected chi connectivity index (χ2v) is 7.38. The van der Waals surface area contributed by atoms with Gasteiger partial charge in [-0.3, -0.25) is 14.5 Å². The molecule has 2 aliphatic rings. The average Bonchev–Trinajstić information content (AvgIpc) is 2.72. The van der Waals surface area contributed by atoms with E-state index in [2.05, 4.69) is 16.3 Å². The molecule has 1 fully saturated rings. The Morgan fingerprint density at radius 2 is 2.07 bits per heavy atom. The highest BCUT2D eigenvalue weighted by molar-refractivity contribution is 5.83. The molecule has 7 heteroatoms. The molecule has 1 N–H and O–H groups in total. The Morgan fingerprint density at radius 3 is 2.93 bits per heavy atom. The van der Waals surface area contributed by atoms with E-state index in [0.717, 1.165) is 63.1 Å². The van der Waals surface area contributed by atoms with E-state index >= 15 is 0 Å². The van der Waals surface area contributed by atoms with Crippen molar-refractivity contribution in [3.8, 4) is 0 Å². The van der Waals surface area contributed by atoms with Gasteiger partial charge in [0, 0.05) is 38.3 Å². The molecule has 150 valence electrons. The largest absolute Gasteiger partial charge is 0.379 e. The van der Waals surface area contributed by atoms with Crippen LogP contribution in [-0.2, 0) is 33.8 Å². The molecule has 3 heterocycles. The number of benzene rings is 1. The van der Waals surface area contributed by atoms with Crippen molar-refractivity contribution >= 4 is 16.8 Å². The van der Waals surface area contributed by atoms with Crippen LogP contribution in [0, 0.1) is 0 Å². The first-order chi connectivity index (χ1) is 13.7. The van der Waals surface area contributed by atoms with E-state index in [1.54, 1.807) is 0 Å². The highest BCUT2D eigenvalue weighted by Crippen LogP contribution is 2.24. The van der Waals surface area contributed by atoms with E-state index in [4.69, 9.17) is 9.47 Å². The summed E-state index contributed by atoms with van der Waals surface area (Å²) in [4.78, 5) is 27.0. The summed E-state index contributed by atoms with van der Waals surface area (Å²) in [6.07, 6.45) is 1.99. The van der Waals surface area contributed by atoms with E-state index in [9.17, 15) is 9.59 Å². The minimum Gasteiger partial charge on any atom is -0.379 e. The molecule has 4 rings (SSSR count). The van der Waals surface area contributed by atoms with Gasteiger partial charge in [-0.2, -0.15) is 0 Å². The normalized spacial score (nSPS) is 17.0. The number of aryl methyl sites for hydroxylation is 2. The van der Waals surface area contributed by atoms with Crippen molar-refractivity contribution in [1.29, 1.82) is 0 Å². The molecule has 0 bridgehead atoms. The predicted molar refractivity (Wildman–Crippen MR) is 106 cm³/mol. The number of rotatable bonds is 7. The summed E-state index contributed by atoms with van der Waals surface area (Å²) >= 11 is 0. The van der Waals surface area contributed by atoms with Gasteiger partial charge < -0.3 is 19.4 Å². The second-order valence-electron chi connectivity index (χ2n) is 7.38. The summed E-state index contributed by atoms with van der Waals surface area (Å²) in [7, 11) is 0. The van der Waals surface area contributed by atoms with Crippen LogP contribution in [-0.4, -0.2) is 61.4 Å². The van der Waals surface area contributed by atoms with Crippen molar-refractivity contribution in [2.45, 2.75) is 26.0 Å². The third-order valence-corrected chi connectivity index (χ3v) is 5.44. The van der Waals surface area contributed by atoms with Gasteiger partial charge in [0.2, 0.25) is 5.91 Å². The number of nitrogens with zero attached hydrogens (tertiary/aromatic N) is 2. The van der Waals surface area contributed by atoms with Crippen molar-refractivity contribution in [2.24, 2.45) is 0 Å². The number of morpholine rings is 1. The lowest BCUT2D eigenvalue weighted by molar-refractivity contribution is -0.126. The van der Waals surface area contributed by atoms with Gasteiger partial charge in [0.1, 0.15) is 6.61 Å². The number of nitrogens with one attached hydrogen (secondary N) is 1. The highest BCUT2D eigenvalue weighted by atomic mass is 16.5. The Balaban J connectivity index is 1.30. The van der Waals surface area contributed by atoms with Gasteiger partial charge in [-0.1, -0.05) is 18.2 Å². The van der Waals surface area contributed by atoms with Crippen molar-refractivity contribution in [3.63, 3.8) is 0 Å². The minimum atomic E-state index is -0.155. The summed E-state index contributed by atoms with van der Waals surface area (Å²) in [5.41, 5.74) is 2.87. The molecule has 0 spiro atoms. The quantitative estimate of drug-likeness (QED) is 0.767. The lowest BCUT2D eigenvalue weighted by Gasteiger charge is -2.26. The topological polar surface area (TPSA) is 72.8 Å². The smallest absolute Gasteiger partial charge is 0.256 e. The molecule has 0 radical (unpaired) electrons. The molecule has 28 heavy (non-hydrogen) atoms.